The van der Waals surface area contributed by atoms with Gasteiger partial charge in [0.2, 0.25) is 0 Å². The van der Waals surface area contributed by atoms with Crippen molar-refractivity contribution in [2.75, 3.05) is 5.73 Å². The Bertz CT molecular complexity index is 314. The van der Waals surface area contributed by atoms with Crippen LogP contribution in [0.3, 0.4) is 0 Å². The van der Waals surface area contributed by atoms with E-state index in [-0.39, 0.29) is 17.9 Å². The highest BCUT2D eigenvalue weighted by atomic mass is 19.3. The van der Waals surface area contributed by atoms with Crippen molar-refractivity contribution in [1.82, 2.24) is 4.98 Å². The first kappa shape index (κ1) is 9.79. The van der Waals surface area contributed by atoms with Crippen LogP contribution in [0, 0.1) is 5.82 Å². The molecule has 0 spiro atoms. The second-order valence-corrected chi connectivity index (χ2v) is 2.40. The molecule has 0 aromatic carbocycles. The van der Waals surface area contributed by atoms with Crippen LogP contribution in [0.1, 0.15) is 17.7 Å². The Labute approximate surface area is 72.6 Å². The summed E-state index contributed by atoms with van der Waals surface area (Å²) in [4.78, 5) is 3.31. The van der Waals surface area contributed by atoms with Crippen LogP contribution >= 0.6 is 0 Å². The van der Waals surface area contributed by atoms with Crippen LogP contribution in [0.4, 0.5) is 19.0 Å². The molecule has 0 radical (unpaired) electrons. The molecule has 0 saturated heterocycles. The number of rotatable bonds is 2. The fraction of sp³-hybridized carbons (Fsp3) is 0.286. The Hall–Kier alpha value is -1.30. The van der Waals surface area contributed by atoms with Gasteiger partial charge in [-0.15, -0.1) is 0 Å². The zero-order chi connectivity index (χ0) is 10.0. The lowest BCUT2D eigenvalue weighted by molar-refractivity contribution is 0.144. The minimum atomic E-state index is -2.86. The average molecular weight is 191 g/mol. The number of anilines is 1. The predicted molar refractivity (Wildman–Crippen MR) is 41.5 cm³/mol. The van der Waals surface area contributed by atoms with Gasteiger partial charge in [-0.3, -0.25) is 0 Å². The van der Waals surface area contributed by atoms with Gasteiger partial charge in [0.1, 0.15) is 17.3 Å². The quantitative estimate of drug-likeness (QED) is 0.738. The molecule has 3 nitrogen and oxygen atoms in total. The third-order valence-electron chi connectivity index (χ3n) is 1.53. The van der Waals surface area contributed by atoms with Crippen LogP contribution < -0.4 is 11.5 Å². The van der Waals surface area contributed by atoms with Crippen LogP contribution in [-0.4, -0.2) is 4.98 Å². The number of hydrogen-bond acceptors (Lipinski definition) is 3. The third-order valence-corrected chi connectivity index (χ3v) is 1.53. The van der Waals surface area contributed by atoms with E-state index < -0.39 is 17.9 Å². The normalized spacial score (nSPS) is 10.8. The fourth-order valence-corrected chi connectivity index (χ4v) is 0.961. The Morgan fingerprint density at radius 2 is 2.08 bits per heavy atom. The van der Waals surface area contributed by atoms with Gasteiger partial charge < -0.3 is 11.5 Å². The molecule has 13 heavy (non-hydrogen) atoms. The van der Waals surface area contributed by atoms with Crippen molar-refractivity contribution in [2.24, 2.45) is 5.73 Å². The van der Waals surface area contributed by atoms with Gasteiger partial charge in [-0.1, -0.05) is 0 Å². The molecule has 1 heterocycles. The van der Waals surface area contributed by atoms with Crippen molar-refractivity contribution in [3.63, 3.8) is 0 Å². The topological polar surface area (TPSA) is 64.9 Å². The summed E-state index contributed by atoms with van der Waals surface area (Å²) in [5.74, 6) is -1.12. The van der Waals surface area contributed by atoms with Gasteiger partial charge in [-0.25, -0.2) is 18.2 Å². The van der Waals surface area contributed by atoms with Gasteiger partial charge in [0.15, 0.2) is 0 Å². The Morgan fingerprint density at radius 3 is 2.54 bits per heavy atom. The van der Waals surface area contributed by atoms with E-state index in [1.807, 2.05) is 0 Å². The largest absolute Gasteiger partial charge is 0.384 e. The maximum Gasteiger partial charge on any atom is 0.280 e. The van der Waals surface area contributed by atoms with Gasteiger partial charge in [0, 0.05) is 18.2 Å². The average Bonchev–Trinajstić information content (AvgIpc) is 2.02. The molecule has 0 atom stereocenters. The monoisotopic (exact) mass is 191 g/mol. The molecule has 1 aromatic heterocycles. The van der Waals surface area contributed by atoms with Crippen LogP contribution in [0.2, 0.25) is 0 Å². The second kappa shape index (κ2) is 3.61. The van der Waals surface area contributed by atoms with Crippen LogP contribution in [0.25, 0.3) is 0 Å². The molecule has 0 fully saturated rings. The first-order valence-corrected chi connectivity index (χ1v) is 3.49. The van der Waals surface area contributed by atoms with E-state index in [2.05, 4.69) is 4.98 Å². The van der Waals surface area contributed by atoms with Crippen LogP contribution in [0.5, 0.6) is 0 Å². The van der Waals surface area contributed by atoms with E-state index in [1.54, 1.807) is 0 Å². The van der Waals surface area contributed by atoms with Gasteiger partial charge in [-0.2, -0.15) is 0 Å². The van der Waals surface area contributed by atoms with Gasteiger partial charge >= 0.3 is 0 Å². The van der Waals surface area contributed by atoms with Gasteiger partial charge in [0.05, 0.1) is 0 Å². The van der Waals surface area contributed by atoms with Gasteiger partial charge in [0.25, 0.3) is 6.43 Å². The van der Waals surface area contributed by atoms with Gasteiger partial charge in [-0.05, 0) is 0 Å². The summed E-state index contributed by atoms with van der Waals surface area (Å²) in [6.45, 7) is -0.321. The smallest absolute Gasteiger partial charge is 0.280 e. The lowest BCUT2D eigenvalue weighted by Gasteiger charge is -2.07. The molecule has 72 valence electrons. The lowest BCUT2D eigenvalue weighted by atomic mass is 10.2. The maximum absolute atomic E-state index is 12.9. The number of pyridine rings is 1. The number of nitrogen functional groups attached to an aromatic ring is 1. The molecule has 0 bridgehead atoms. The molecule has 0 amide bonds. The van der Waals surface area contributed by atoms with Crippen LogP contribution in [0.15, 0.2) is 6.07 Å². The van der Waals surface area contributed by atoms with E-state index in [0.717, 1.165) is 6.07 Å². The molecule has 1 rings (SSSR count). The van der Waals surface area contributed by atoms with Crippen LogP contribution in [-0.2, 0) is 6.54 Å². The lowest BCUT2D eigenvalue weighted by Crippen LogP contribution is -2.09. The fourth-order valence-electron chi connectivity index (χ4n) is 0.961. The SMILES string of the molecule is NCc1c(F)cc(N)nc1C(F)F. The van der Waals surface area contributed by atoms with Crippen molar-refractivity contribution >= 4 is 5.82 Å². The molecule has 1 aromatic rings. The maximum atomic E-state index is 12.9. The van der Waals surface area contributed by atoms with E-state index in [1.165, 1.54) is 0 Å². The first-order chi connectivity index (χ1) is 6.06. The summed E-state index contributed by atoms with van der Waals surface area (Å²) in [6, 6.07) is 0.869. The summed E-state index contributed by atoms with van der Waals surface area (Å²) in [5.41, 5.74) is 9.21. The van der Waals surface area contributed by atoms with Crippen molar-refractivity contribution in [3.05, 3.63) is 23.1 Å². The highest BCUT2D eigenvalue weighted by molar-refractivity contribution is 5.36. The summed E-state index contributed by atoms with van der Waals surface area (Å²) < 4.78 is 37.4. The highest BCUT2D eigenvalue weighted by Crippen LogP contribution is 2.23. The highest BCUT2D eigenvalue weighted by Gasteiger charge is 2.18. The number of halogens is 3. The third kappa shape index (κ3) is 1.89. The molecule has 0 aliphatic heterocycles. The Kier molecular flexibility index (Phi) is 2.72. The van der Waals surface area contributed by atoms with Crippen molar-refractivity contribution in [1.29, 1.82) is 0 Å². The van der Waals surface area contributed by atoms with E-state index in [4.69, 9.17) is 11.5 Å². The number of aromatic nitrogens is 1. The standard InChI is InChI=1S/C7H8F3N3/c8-4-1-5(12)13-6(7(9)10)3(4)2-11/h1,7H,2,11H2,(H2,12,13). The van der Waals surface area contributed by atoms with Crippen molar-refractivity contribution < 1.29 is 13.2 Å². The molecule has 4 N–H and O–H groups in total. The minimum absolute atomic E-state index is 0.273. The van der Waals surface area contributed by atoms with Crippen molar-refractivity contribution in [3.8, 4) is 0 Å². The zero-order valence-corrected chi connectivity index (χ0v) is 6.60. The molecule has 0 aliphatic rings. The summed E-state index contributed by atoms with van der Waals surface area (Å²) in [7, 11) is 0. The minimum Gasteiger partial charge on any atom is -0.384 e. The molecule has 0 unspecified atom stereocenters. The first-order valence-electron chi connectivity index (χ1n) is 3.49. The number of alkyl halides is 2. The Morgan fingerprint density at radius 1 is 1.46 bits per heavy atom. The number of nitrogens with zero attached hydrogens (tertiary/aromatic N) is 1. The summed E-state index contributed by atoms with van der Waals surface area (Å²) in [6.07, 6.45) is -2.86. The molecular weight excluding hydrogens is 183 g/mol. The second-order valence-electron chi connectivity index (χ2n) is 2.40. The molecule has 0 aliphatic carbocycles. The van der Waals surface area contributed by atoms with E-state index in [0.29, 0.717) is 0 Å². The predicted octanol–water partition coefficient (Wildman–Crippen LogP) is 1.20. The van der Waals surface area contributed by atoms with E-state index in [9.17, 15) is 13.2 Å². The molecule has 0 saturated carbocycles. The zero-order valence-electron chi connectivity index (χ0n) is 6.60. The Balaban J connectivity index is 3.29. The summed E-state index contributed by atoms with van der Waals surface area (Å²) >= 11 is 0. The van der Waals surface area contributed by atoms with E-state index >= 15 is 0 Å². The molecular formula is C7H8F3N3. The van der Waals surface area contributed by atoms with Crippen molar-refractivity contribution in [2.45, 2.75) is 13.0 Å². The molecule has 6 heteroatoms. The number of nitrogens with two attached hydrogens (primary N) is 2. The number of hydrogen-bond donors (Lipinski definition) is 2. The summed E-state index contributed by atoms with van der Waals surface area (Å²) in [5, 5.41) is 0.